The number of nitrogens with one attached hydrogen (secondary N) is 3. The van der Waals surface area contributed by atoms with Crippen LogP contribution in [0.2, 0.25) is 0 Å². The smallest absolute Gasteiger partial charge is 0.323 e. The Labute approximate surface area is 177 Å². The Kier molecular flexibility index (Phi) is 4.63. The highest BCUT2D eigenvalue weighted by Gasteiger charge is 2.12. The quantitative estimate of drug-likeness (QED) is 0.356. The number of aromatic amines is 1. The standard InChI is InChI=1S/C24H20FN5O/c1-15-5-6-19(25)21(13-15)29-24(31)28-20-3-2-4-22-18(20)9-12-30(22)14-16-7-10-26-23-17(16)8-11-27-23/h2-13H,14H2,1H3,(H,26,27)(H2,28,29,31). The summed E-state index contributed by atoms with van der Waals surface area (Å²) >= 11 is 0. The number of benzene rings is 2. The highest BCUT2D eigenvalue weighted by Crippen LogP contribution is 2.27. The Balaban J connectivity index is 1.41. The Morgan fingerprint density at radius 1 is 1.06 bits per heavy atom. The van der Waals surface area contributed by atoms with Crippen LogP contribution in [-0.4, -0.2) is 20.6 Å². The fourth-order valence-corrected chi connectivity index (χ4v) is 3.82. The first-order chi connectivity index (χ1) is 15.1. The molecule has 0 aliphatic heterocycles. The van der Waals surface area contributed by atoms with E-state index in [1.54, 1.807) is 18.3 Å². The van der Waals surface area contributed by atoms with Gasteiger partial charge in [0.05, 0.1) is 16.9 Å². The maximum atomic E-state index is 14.0. The van der Waals surface area contributed by atoms with Gasteiger partial charge >= 0.3 is 6.03 Å². The molecule has 0 aliphatic rings. The number of amides is 2. The van der Waals surface area contributed by atoms with Gasteiger partial charge in [0.15, 0.2) is 0 Å². The average Bonchev–Trinajstić information content (AvgIpc) is 3.39. The number of nitrogens with zero attached hydrogens (tertiary/aromatic N) is 2. The zero-order chi connectivity index (χ0) is 21.4. The Bertz CT molecular complexity index is 1420. The first kappa shape index (κ1) is 18.9. The fraction of sp³-hybridized carbons (Fsp3) is 0.0833. The number of carbonyl (C=O) groups excluding carboxylic acids is 1. The molecule has 2 amide bonds. The number of aromatic nitrogens is 3. The molecule has 0 bridgehead atoms. The predicted molar refractivity (Wildman–Crippen MR) is 121 cm³/mol. The first-order valence-electron chi connectivity index (χ1n) is 9.91. The van der Waals surface area contributed by atoms with Crippen molar-refractivity contribution in [1.29, 1.82) is 0 Å². The van der Waals surface area contributed by atoms with E-state index in [9.17, 15) is 9.18 Å². The number of urea groups is 1. The zero-order valence-corrected chi connectivity index (χ0v) is 16.8. The van der Waals surface area contributed by atoms with Crippen LogP contribution in [0.5, 0.6) is 0 Å². The van der Waals surface area contributed by atoms with Gasteiger partial charge < -0.3 is 20.2 Å². The summed E-state index contributed by atoms with van der Waals surface area (Å²) in [5, 5.41) is 7.41. The molecule has 3 heterocycles. The van der Waals surface area contributed by atoms with Crippen molar-refractivity contribution < 1.29 is 9.18 Å². The number of aryl methyl sites for hydroxylation is 1. The molecule has 2 aromatic carbocycles. The van der Waals surface area contributed by atoms with Crippen LogP contribution in [0.4, 0.5) is 20.6 Å². The monoisotopic (exact) mass is 413 g/mol. The van der Waals surface area contributed by atoms with Gasteiger partial charge in [-0.15, -0.1) is 0 Å². The van der Waals surface area contributed by atoms with E-state index in [2.05, 4.69) is 25.2 Å². The first-order valence-corrected chi connectivity index (χ1v) is 9.91. The van der Waals surface area contributed by atoms with E-state index in [0.29, 0.717) is 12.2 Å². The summed E-state index contributed by atoms with van der Waals surface area (Å²) in [5.74, 6) is -0.474. The van der Waals surface area contributed by atoms with E-state index in [0.717, 1.165) is 33.1 Å². The molecule has 0 spiro atoms. The minimum atomic E-state index is -0.493. The molecule has 31 heavy (non-hydrogen) atoms. The summed E-state index contributed by atoms with van der Waals surface area (Å²) in [4.78, 5) is 20.0. The highest BCUT2D eigenvalue weighted by molar-refractivity contribution is 6.06. The van der Waals surface area contributed by atoms with Crippen LogP contribution in [0.3, 0.4) is 0 Å². The zero-order valence-electron chi connectivity index (χ0n) is 16.8. The number of H-pyrrole nitrogens is 1. The molecule has 3 N–H and O–H groups in total. The molecule has 154 valence electrons. The second kappa shape index (κ2) is 7.60. The van der Waals surface area contributed by atoms with Gasteiger partial charge in [0, 0.05) is 35.9 Å². The van der Waals surface area contributed by atoms with E-state index < -0.39 is 11.8 Å². The lowest BCUT2D eigenvalue weighted by Gasteiger charge is -2.11. The molecule has 7 heteroatoms. The number of halogens is 1. The van der Waals surface area contributed by atoms with Crippen molar-refractivity contribution in [2.24, 2.45) is 0 Å². The van der Waals surface area contributed by atoms with Gasteiger partial charge in [0.2, 0.25) is 0 Å². The maximum Gasteiger partial charge on any atom is 0.323 e. The van der Waals surface area contributed by atoms with Crippen LogP contribution in [-0.2, 0) is 6.54 Å². The average molecular weight is 413 g/mol. The van der Waals surface area contributed by atoms with Crippen molar-refractivity contribution in [3.63, 3.8) is 0 Å². The molecular weight excluding hydrogens is 393 g/mol. The number of pyridine rings is 1. The minimum Gasteiger partial charge on any atom is -0.346 e. The van der Waals surface area contributed by atoms with Gasteiger partial charge in [-0.3, -0.25) is 0 Å². The number of rotatable bonds is 4. The molecule has 0 unspecified atom stereocenters. The summed E-state index contributed by atoms with van der Waals surface area (Å²) < 4.78 is 16.1. The summed E-state index contributed by atoms with van der Waals surface area (Å²) in [7, 11) is 0. The van der Waals surface area contributed by atoms with Crippen LogP contribution in [0, 0.1) is 12.7 Å². The molecule has 3 aromatic heterocycles. The largest absolute Gasteiger partial charge is 0.346 e. The number of hydrogen-bond acceptors (Lipinski definition) is 2. The molecule has 0 radical (unpaired) electrons. The van der Waals surface area contributed by atoms with Crippen molar-refractivity contribution in [2.45, 2.75) is 13.5 Å². The third-order valence-corrected chi connectivity index (χ3v) is 5.32. The van der Waals surface area contributed by atoms with Crippen molar-refractivity contribution in [1.82, 2.24) is 14.5 Å². The SMILES string of the molecule is Cc1ccc(F)c(NC(=O)Nc2cccc3c2ccn3Cc2ccnc3[nH]ccc23)c1. The van der Waals surface area contributed by atoms with Gasteiger partial charge in [-0.2, -0.15) is 0 Å². The Hall–Kier alpha value is -4.13. The van der Waals surface area contributed by atoms with E-state index in [4.69, 9.17) is 0 Å². The lowest BCUT2D eigenvalue weighted by Crippen LogP contribution is -2.20. The molecule has 5 rings (SSSR count). The lowest BCUT2D eigenvalue weighted by molar-refractivity contribution is 0.262. The molecule has 6 nitrogen and oxygen atoms in total. The molecular formula is C24H20FN5O. The molecule has 0 fully saturated rings. The van der Waals surface area contributed by atoms with Gasteiger partial charge in [-0.1, -0.05) is 12.1 Å². The van der Waals surface area contributed by atoms with Gasteiger partial charge in [0.25, 0.3) is 0 Å². The predicted octanol–water partition coefficient (Wildman–Crippen LogP) is 5.66. The third-order valence-electron chi connectivity index (χ3n) is 5.32. The minimum absolute atomic E-state index is 0.149. The third kappa shape index (κ3) is 3.61. The molecule has 5 aromatic rings. The van der Waals surface area contributed by atoms with E-state index in [-0.39, 0.29) is 5.69 Å². The van der Waals surface area contributed by atoms with Crippen molar-refractivity contribution >= 4 is 39.3 Å². The fourth-order valence-electron chi connectivity index (χ4n) is 3.82. The molecule has 0 saturated heterocycles. The molecule has 0 aliphatic carbocycles. The van der Waals surface area contributed by atoms with E-state index in [1.165, 1.54) is 6.07 Å². The Morgan fingerprint density at radius 3 is 2.84 bits per heavy atom. The second-order valence-electron chi connectivity index (χ2n) is 7.45. The van der Waals surface area contributed by atoms with E-state index in [1.807, 2.05) is 55.7 Å². The number of carbonyl (C=O) groups is 1. The Morgan fingerprint density at radius 2 is 1.94 bits per heavy atom. The summed E-state index contributed by atoms with van der Waals surface area (Å²) in [6.07, 6.45) is 5.67. The van der Waals surface area contributed by atoms with Crippen LogP contribution in [0.15, 0.2) is 73.2 Å². The van der Waals surface area contributed by atoms with Crippen LogP contribution in [0.25, 0.3) is 21.9 Å². The van der Waals surface area contributed by atoms with Gasteiger partial charge in [-0.05, 0) is 60.5 Å². The van der Waals surface area contributed by atoms with Crippen molar-refractivity contribution in [3.8, 4) is 0 Å². The summed E-state index contributed by atoms with van der Waals surface area (Å²) in [6, 6.07) is 15.8. The second-order valence-corrected chi connectivity index (χ2v) is 7.45. The van der Waals surface area contributed by atoms with Crippen LogP contribution >= 0.6 is 0 Å². The summed E-state index contributed by atoms with van der Waals surface area (Å²) in [5.41, 5.74) is 4.66. The molecule has 0 atom stereocenters. The normalized spacial score (nSPS) is 11.2. The summed E-state index contributed by atoms with van der Waals surface area (Å²) in [6.45, 7) is 2.51. The highest BCUT2D eigenvalue weighted by atomic mass is 19.1. The lowest BCUT2D eigenvalue weighted by atomic mass is 10.2. The van der Waals surface area contributed by atoms with Gasteiger partial charge in [-0.25, -0.2) is 14.2 Å². The van der Waals surface area contributed by atoms with E-state index >= 15 is 0 Å². The number of hydrogen-bond donors (Lipinski definition) is 3. The molecule has 0 saturated carbocycles. The van der Waals surface area contributed by atoms with Crippen LogP contribution < -0.4 is 10.6 Å². The number of anilines is 2. The van der Waals surface area contributed by atoms with Crippen LogP contribution in [0.1, 0.15) is 11.1 Å². The van der Waals surface area contributed by atoms with Gasteiger partial charge in [0.1, 0.15) is 11.5 Å². The van der Waals surface area contributed by atoms with Crippen molar-refractivity contribution in [2.75, 3.05) is 10.6 Å². The van der Waals surface area contributed by atoms with Crippen molar-refractivity contribution in [3.05, 3.63) is 90.1 Å². The topological polar surface area (TPSA) is 74.7 Å². The number of fused-ring (bicyclic) bond motifs is 2. The maximum absolute atomic E-state index is 14.0.